The van der Waals surface area contributed by atoms with Gasteiger partial charge in [0.1, 0.15) is 22.3 Å². The average Bonchev–Trinajstić information content (AvgIpc) is 2.70. The molecule has 0 fully saturated rings. The van der Waals surface area contributed by atoms with Crippen molar-refractivity contribution < 1.29 is 24.5 Å². The molecule has 6 heteroatoms. The summed E-state index contributed by atoms with van der Waals surface area (Å²) in [5.74, 6) is -0.762. The molecule has 3 N–H and O–H groups in total. The second-order valence-corrected chi connectivity index (χ2v) is 8.45. The van der Waals surface area contributed by atoms with Crippen LogP contribution in [0.5, 0.6) is 23.0 Å². The van der Waals surface area contributed by atoms with Crippen molar-refractivity contribution in [2.24, 2.45) is 0 Å². The minimum absolute atomic E-state index is 0.0312. The predicted molar refractivity (Wildman–Crippen MR) is 120 cm³/mol. The van der Waals surface area contributed by atoms with Gasteiger partial charge in [-0.1, -0.05) is 17.7 Å². The van der Waals surface area contributed by atoms with Crippen molar-refractivity contribution in [2.45, 2.75) is 39.7 Å². The summed E-state index contributed by atoms with van der Waals surface area (Å²) in [6, 6.07) is 5.95. The minimum Gasteiger partial charge on any atom is -0.508 e. The molecule has 0 amide bonds. The van der Waals surface area contributed by atoms with Crippen LogP contribution in [0.2, 0.25) is 0 Å². The van der Waals surface area contributed by atoms with Crippen LogP contribution >= 0.6 is 0 Å². The maximum absolute atomic E-state index is 13.1. The van der Waals surface area contributed by atoms with Gasteiger partial charge in [-0.05, 0) is 64.5 Å². The highest BCUT2D eigenvalue weighted by molar-refractivity contribution is 5.95. The van der Waals surface area contributed by atoms with E-state index in [2.05, 4.69) is 0 Å². The number of ether oxygens (including phenoxy) is 1. The molecule has 1 aliphatic rings. The molecule has 31 heavy (non-hydrogen) atoms. The number of rotatable bonds is 3. The van der Waals surface area contributed by atoms with Crippen LogP contribution in [0, 0.1) is 0 Å². The van der Waals surface area contributed by atoms with E-state index in [-0.39, 0.29) is 34.0 Å². The lowest BCUT2D eigenvalue weighted by atomic mass is 9.93. The lowest BCUT2D eigenvalue weighted by molar-refractivity contribution is 0.153. The van der Waals surface area contributed by atoms with Gasteiger partial charge in [-0.25, -0.2) is 0 Å². The first-order chi connectivity index (χ1) is 14.6. The van der Waals surface area contributed by atoms with E-state index < -0.39 is 16.8 Å². The average molecular weight is 420 g/mol. The van der Waals surface area contributed by atoms with Crippen molar-refractivity contribution in [3.63, 3.8) is 0 Å². The van der Waals surface area contributed by atoms with Crippen LogP contribution in [0.4, 0.5) is 0 Å². The highest BCUT2D eigenvalue weighted by Crippen LogP contribution is 2.46. The standard InChI is InChI=1S/C25H24O6/c1-13(2)5-10-16-17-11-12-25(3,4)31-24(17)20(28)18-19(27)21(29)22(30-23(16)18)14-6-8-15(26)9-7-14/h5-9,11-12,26,28-29H,10H2,1-4H3. The van der Waals surface area contributed by atoms with Gasteiger partial charge in [-0.15, -0.1) is 0 Å². The van der Waals surface area contributed by atoms with Gasteiger partial charge in [-0.3, -0.25) is 4.79 Å². The molecule has 6 nitrogen and oxygen atoms in total. The van der Waals surface area contributed by atoms with Crippen molar-refractivity contribution in [3.05, 3.63) is 63.3 Å². The maximum Gasteiger partial charge on any atom is 0.238 e. The van der Waals surface area contributed by atoms with Crippen LogP contribution in [-0.4, -0.2) is 20.9 Å². The number of hydrogen-bond donors (Lipinski definition) is 3. The highest BCUT2D eigenvalue weighted by atomic mass is 16.5. The zero-order valence-corrected chi connectivity index (χ0v) is 17.8. The Labute approximate surface area is 179 Å². The first kappa shape index (κ1) is 20.6. The van der Waals surface area contributed by atoms with E-state index in [1.54, 1.807) is 12.1 Å². The SMILES string of the molecule is CC(C)=CCc1c2c(c(O)c3c(=O)c(O)c(-c4ccc(O)cc4)oc13)OC(C)(C)C=C2. The van der Waals surface area contributed by atoms with E-state index in [0.29, 0.717) is 23.1 Å². The number of benzene rings is 2. The molecule has 0 bridgehead atoms. The number of aromatic hydroxyl groups is 3. The summed E-state index contributed by atoms with van der Waals surface area (Å²) < 4.78 is 12.0. The quantitative estimate of drug-likeness (QED) is 0.499. The van der Waals surface area contributed by atoms with Crippen molar-refractivity contribution in [3.8, 4) is 34.3 Å². The Morgan fingerprint density at radius 1 is 1.06 bits per heavy atom. The fourth-order valence-electron chi connectivity index (χ4n) is 3.63. The monoisotopic (exact) mass is 420 g/mol. The summed E-state index contributed by atoms with van der Waals surface area (Å²) in [5, 5.41) is 31.0. The molecule has 0 spiro atoms. The minimum atomic E-state index is -0.751. The molecular formula is C25H24O6. The fourth-order valence-corrected chi connectivity index (χ4v) is 3.63. The predicted octanol–water partition coefficient (Wildman–Crippen LogP) is 5.27. The third-order valence-electron chi connectivity index (χ3n) is 5.24. The molecule has 0 radical (unpaired) electrons. The lowest BCUT2D eigenvalue weighted by Gasteiger charge is -2.30. The van der Waals surface area contributed by atoms with Gasteiger partial charge in [0.05, 0.1) is 0 Å². The zero-order valence-electron chi connectivity index (χ0n) is 17.8. The van der Waals surface area contributed by atoms with Crippen LogP contribution in [0.1, 0.15) is 38.8 Å². The van der Waals surface area contributed by atoms with E-state index >= 15 is 0 Å². The number of phenolic OH excluding ortho intramolecular Hbond substituents is 2. The van der Waals surface area contributed by atoms with E-state index in [4.69, 9.17) is 9.15 Å². The fraction of sp³-hybridized carbons (Fsp3) is 0.240. The number of phenols is 2. The molecule has 0 unspecified atom stereocenters. The van der Waals surface area contributed by atoms with Gasteiger partial charge in [0.15, 0.2) is 17.3 Å². The van der Waals surface area contributed by atoms with Crippen LogP contribution in [0.3, 0.4) is 0 Å². The summed E-state index contributed by atoms with van der Waals surface area (Å²) in [6.07, 6.45) is 6.18. The van der Waals surface area contributed by atoms with E-state index in [0.717, 1.165) is 5.57 Å². The smallest absolute Gasteiger partial charge is 0.238 e. The molecule has 0 saturated heterocycles. The summed E-state index contributed by atoms with van der Waals surface area (Å²) in [4.78, 5) is 13.1. The largest absolute Gasteiger partial charge is 0.508 e. The van der Waals surface area contributed by atoms with Crippen molar-refractivity contribution in [2.75, 3.05) is 0 Å². The van der Waals surface area contributed by atoms with Gasteiger partial charge in [0.25, 0.3) is 0 Å². The van der Waals surface area contributed by atoms with Crippen LogP contribution in [0.25, 0.3) is 28.4 Å². The first-order valence-electron chi connectivity index (χ1n) is 9.97. The normalized spacial score (nSPS) is 14.2. The Morgan fingerprint density at radius 2 is 1.74 bits per heavy atom. The Kier molecular flexibility index (Phi) is 4.81. The molecule has 0 aliphatic carbocycles. The molecule has 3 aromatic rings. The Hall–Kier alpha value is -3.67. The highest BCUT2D eigenvalue weighted by Gasteiger charge is 2.31. The summed E-state index contributed by atoms with van der Waals surface area (Å²) >= 11 is 0. The summed E-state index contributed by atoms with van der Waals surface area (Å²) in [6.45, 7) is 7.63. The third-order valence-corrected chi connectivity index (χ3v) is 5.24. The van der Waals surface area contributed by atoms with Gasteiger partial charge >= 0.3 is 0 Å². The maximum atomic E-state index is 13.1. The molecule has 160 valence electrons. The molecule has 1 aromatic heterocycles. The van der Waals surface area contributed by atoms with E-state index in [1.807, 2.05) is 45.9 Å². The second-order valence-electron chi connectivity index (χ2n) is 8.45. The third kappa shape index (κ3) is 3.54. The molecule has 4 rings (SSSR count). The van der Waals surface area contributed by atoms with Crippen molar-refractivity contribution >= 4 is 17.0 Å². The topological polar surface area (TPSA) is 100 Å². The summed E-state index contributed by atoms with van der Waals surface area (Å²) in [7, 11) is 0. The Balaban J connectivity index is 2.11. The molecular weight excluding hydrogens is 396 g/mol. The number of allylic oxidation sites excluding steroid dienone is 2. The molecule has 2 aromatic carbocycles. The van der Waals surface area contributed by atoms with E-state index in [9.17, 15) is 20.1 Å². The van der Waals surface area contributed by atoms with Gasteiger partial charge in [0.2, 0.25) is 11.2 Å². The molecule has 2 heterocycles. The van der Waals surface area contributed by atoms with Gasteiger partial charge < -0.3 is 24.5 Å². The molecule has 0 atom stereocenters. The van der Waals surface area contributed by atoms with Crippen LogP contribution < -0.4 is 10.2 Å². The molecule has 1 aliphatic heterocycles. The first-order valence-corrected chi connectivity index (χ1v) is 9.97. The Morgan fingerprint density at radius 3 is 2.39 bits per heavy atom. The zero-order chi connectivity index (χ0) is 22.5. The van der Waals surface area contributed by atoms with Crippen LogP contribution in [-0.2, 0) is 6.42 Å². The lowest BCUT2D eigenvalue weighted by Crippen LogP contribution is -2.28. The van der Waals surface area contributed by atoms with Crippen LogP contribution in [0.15, 0.2) is 51.2 Å². The van der Waals surface area contributed by atoms with E-state index in [1.165, 1.54) is 12.1 Å². The Bertz CT molecular complexity index is 1300. The molecule has 0 saturated carbocycles. The number of fused-ring (bicyclic) bond motifs is 2. The summed E-state index contributed by atoms with van der Waals surface area (Å²) in [5.41, 5.74) is 1.58. The van der Waals surface area contributed by atoms with Crippen molar-refractivity contribution in [1.29, 1.82) is 0 Å². The number of hydrogen-bond acceptors (Lipinski definition) is 6. The second kappa shape index (κ2) is 7.23. The van der Waals surface area contributed by atoms with Gasteiger partial charge in [-0.2, -0.15) is 0 Å². The van der Waals surface area contributed by atoms with Gasteiger partial charge in [0, 0.05) is 16.7 Å². The van der Waals surface area contributed by atoms with Crippen molar-refractivity contribution in [1.82, 2.24) is 0 Å².